The van der Waals surface area contributed by atoms with Crippen LogP contribution in [0, 0.1) is 5.92 Å². The molecule has 1 aromatic rings. The third-order valence-corrected chi connectivity index (χ3v) is 3.60. The van der Waals surface area contributed by atoms with Gasteiger partial charge < -0.3 is 15.2 Å². The number of nitrogens with zero attached hydrogens (tertiary/aromatic N) is 1. The fraction of sp³-hybridized carbons (Fsp3) is 0.500. The van der Waals surface area contributed by atoms with Gasteiger partial charge in [-0.15, -0.1) is 11.3 Å². The van der Waals surface area contributed by atoms with Crippen LogP contribution < -0.4 is 5.32 Å². The number of carbonyl (C=O) groups excluding carboxylic acids is 1. The normalized spacial score (nSPS) is 22.3. The van der Waals surface area contributed by atoms with Gasteiger partial charge in [0.15, 0.2) is 0 Å². The predicted octanol–water partition coefficient (Wildman–Crippen LogP) is 0.956. The van der Waals surface area contributed by atoms with E-state index < -0.39 is 0 Å². The monoisotopic (exact) mass is 268 g/mol. The molecule has 0 radical (unpaired) electrons. The van der Waals surface area contributed by atoms with Crippen molar-refractivity contribution >= 4 is 17.2 Å². The van der Waals surface area contributed by atoms with Crippen molar-refractivity contribution in [2.45, 2.75) is 19.1 Å². The zero-order valence-corrected chi connectivity index (χ0v) is 10.9. The van der Waals surface area contributed by atoms with Gasteiger partial charge in [0.25, 0.3) is 5.91 Å². The fourth-order valence-corrected chi connectivity index (χ4v) is 2.61. The first-order valence-corrected chi connectivity index (χ1v) is 6.64. The Labute approximate surface area is 109 Å². The van der Waals surface area contributed by atoms with Gasteiger partial charge >= 0.3 is 0 Å². The highest BCUT2D eigenvalue weighted by Crippen LogP contribution is 2.18. The molecule has 6 heteroatoms. The maximum Gasteiger partial charge on any atom is 0.271 e. The number of thiazole rings is 1. The SMILES string of the molecule is COCc1nc(C(=O)N[C@@H]2C=C[C@H](CO)C2)cs1. The third kappa shape index (κ3) is 3.16. The Morgan fingerprint density at radius 2 is 2.50 bits per heavy atom. The number of amides is 1. The van der Waals surface area contributed by atoms with E-state index in [1.165, 1.54) is 11.3 Å². The molecule has 5 nitrogen and oxygen atoms in total. The number of hydrogen-bond donors (Lipinski definition) is 2. The molecule has 0 fully saturated rings. The Morgan fingerprint density at radius 3 is 3.17 bits per heavy atom. The van der Waals surface area contributed by atoms with Crippen LogP contribution in [-0.2, 0) is 11.3 Å². The lowest BCUT2D eigenvalue weighted by Gasteiger charge is -2.11. The van der Waals surface area contributed by atoms with Crippen LogP contribution in [0.25, 0.3) is 0 Å². The first kappa shape index (κ1) is 13.2. The van der Waals surface area contributed by atoms with Crippen molar-refractivity contribution in [2.24, 2.45) is 5.92 Å². The minimum Gasteiger partial charge on any atom is -0.396 e. The van der Waals surface area contributed by atoms with Crippen LogP contribution >= 0.6 is 11.3 Å². The van der Waals surface area contributed by atoms with E-state index in [1.807, 2.05) is 12.2 Å². The van der Waals surface area contributed by atoms with Crippen molar-refractivity contribution in [3.8, 4) is 0 Å². The van der Waals surface area contributed by atoms with Crippen molar-refractivity contribution in [1.29, 1.82) is 0 Å². The molecule has 1 amide bonds. The third-order valence-electron chi connectivity index (χ3n) is 2.78. The van der Waals surface area contributed by atoms with Crippen LogP contribution in [0.1, 0.15) is 21.9 Å². The number of aliphatic hydroxyl groups excluding tert-OH is 1. The average molecular weight is 268 g/mol. The number of nitrogens with one attached hydrogen (secondary N) is 1. The van der Waals surface area contributed by atoms with Crippen molar-refractivity contribution in [2.75, 3.05) is 13.7 Å². The Bertz CT molecular complexity index is 444. The maximum absolute atomic E-state index is 11.9. The smallest absolute Gasteiger partial charge is 0.271 e. The summed E-state index contributed by atoms with van der Waals surface area (Å²) >= 11 is 1.41. The van der Waals surface area contributed by atoms with Gasteiger partial charge in [0, 0.05) is 31.1 Å². The highest BCUT2D eigenvalue weighted by molar-refractivity contribution is 7.09. The molecule has 0 unspecified atom stereocenters. The van der Waals surface area contributed by atoms with E-state index in [1.54, 1.807) is 12.5 Å². The summed E-state index contributed by atoms with van der Waals surface area (Å²) in [5, 5.41) is 14.4. The lowest BCUT2D eigenvalue weighted by atomic mass is 10.1. The average Bonchev–Trinajstić information content (AvgIpc) is 2.98. The molecule has 1 aromatic heterocycles. The van der Waals surface area contributed by atoms with Crippen LogP contribution in [0.4, 0.5) is 0 Å². The molecule has 2 N–H and O–H groups in total. The van der Waals surface area contributed by atoms with Crippen LogP contribution in [0.5, 0.6) is 0 Å². The highest BCUT2D eigenvalue weighted by Gasteiger charge is 2.21. The molecule has 0 bridgehead atoms. The van der Waals surface area contributed by atoms with Gasteiger partial charge in [0.05, 0.1) is 6.61 Å². The zero-order valence-electron chi connectivity index (χ0n) is 10.1. The summed E-state index contributed by atoms with van der Waals surface area (Å²) in [5.74, 6) is -0.0309. The Hall–Kier alpha value is -1.24. The second kappa shape index (κ2) is 6.08. The number of aromatic nitrogens is 1. The van der Waals surface area contributed by atoms with Crippen LogP contribution in [0.15, 0.2) is 17.5 Å². The molecule has 2 rings (SSSR count). The van der Waals surface area contributed by atoms with Gasteiger partial charge in [-0.1, -0.05) is 12.2 Å². The molecule has 98 valence electrons. The molecule has 0 saturated carbocycles. The van der Waals surface area contributed by atoms with E-state index in [0.29, 0.717) is 12.3 Å². The van der Waals surface area contributed by atoms with Crippen LogP contribution in [0.2, 0.25) is 0 Å². The molecule has 0 saturated heterocycles. The second-order valence-electron chi connectivity index (χ2n) is 4.20. The van der Waals surface area contributed by atoms with Crippen LogP contribution in [0.3, 0.4) is 0 Å². The summed E-state index contributed by atoms with van der Waals surface area (Å²) in [6, 6.07) is -0.0118. The zero-order chi connectivity index (χ0) is 13.0. The number of aliphatic hydroxyl groups is 1. The largest absolute Gasteiger partial charge is 0.396 e. The molecule has 0 aromatic carbocycles. The van der Waals surface area contributed by atoms with Crippen molar-refractivity contribution in [3.05, 3.63) is 28.2 Å². The molecular weight excluding hydrogens is 252 g/mol. The van der Waals surface area contributed by atoms with E-state index in [4.69, 9.17) is 9.84 Å². The quantitative estimate of drug-likeness (QED) is 0.780. The number of rotatable bonds is 5. The second-order valence-corrected chi connectivity index (χ2v) is 5.15. The highest BCUT2D eigenvalue weighted by atomic mass is 32.1. The Morgan fingerprint density at radius 1 is 1.67 bits per heavy atom. The minimum absolute atomic E-state index is 0.0118. The number of ether oxygens (including phenoxy) is 1. The lowest BCUT2D eigenvalue weighted by molar-refractivity contribution is 0.0936. The van der Waals surface area contributed by atoms with E-state index in [-0.39, 0.29) is 24.5 Å². The van der Waals surface area contributed by atoms with E-state index >= 15 is 0 Å². The van der Waals surface area contributed by atoms with E-state index in [0.717, 1.165) is 11.4 Å². The van der Waals surface area contributed by atoms with Crippen molar-refractivity contribution in [1.82, 2.24) is 10.3 Å². The molecule has 2 atom stereocenters. The van der Waals surface area contributed by atoms with Crippen molar-refractivity contribution in [3.63, 3.8) is 0 Å². The van der Waals surface area contributed by atoms with Crippen molar-refractivity contribution < 1.29 is 14.6 Å². The molecule has 18 heavy (non-hydrogen) atoms. The summed E-state index contributed by atoms with van der Waals surface area (Å²) in [4.78, 5) is 16.1. The summed E-state index contributed by atoms with van der Waals surface area (Å²) in [6.45, 7) is 0.547. The van der Waals surface area contributed by atoms with Gasteiger partial charge in [-0.2, -0.15) is 0 Å². The first-order chi connectivity index (χ1) is 8.72. The van der Waals surface area contributed by atoms with Gasteiger partial charge in [-0.05, 0) is 6.42 Å². The summed E-state index contributed by atoms with van der Waals surface area (Å²) in [7, 11) is 1.60. The number of carbonyl (C=O) groups is 1. The standard InChI is InChI=1S/C12H16N2O3S/c1-17-6-11-14-10(7-18-11)12(16)13-9-3-2-8(4-9)5-15/h2-3,7-9,15H,4-6H2,1H3,(H,13,16)/t8-,9+/m0/s1. The summed E-state index contributed by atoms with van der Waals surface area (Å²) < 4.78 is 4.96. The molecule has 0 spiro atoms. The molecule has 0 aliphatic heterocycles. The van der Waals surface area contributed by atoms with Crippen LogP contribution in [-0.4, -0.2) is 35.8 Å². The Balaban J connectivity index is 1.89. The summed E-state index contributed by atoms with van der Waals surface area (Å²) in [6.07, 6.45) is 4.60. The van der Waals surface area contributed by atoms with E-state index in [2.05, 4.69) is 10.3 Å². The molecule has 1 aliphatic carbocycles. The van der Waals surface area contributed by atoms with Gasteiger partial charge in [-0.25, -0.2) is 4.98 Å². The van der Waals surface area contributed by atoms with Gasteiger partial charge in [-0.3, -0.25) is 4.79 Å². The lowest BCUT2D eigenvalue weighted by Crippen LogP contribution is -2.33. The number of methoxy groups -OCH3 is 1. The number of hydrogen-bond acceptors (Lipinski definition) is 5. The molecule has 1 heterocycles. The Kier molecular flexibility index (Phi) is 4.46. The van der Waals surface area contributed by atoms with E-state index in [9.17, 15) is 4.79 Å². The molecule has 1 aliphatic rings. The predicted molar refractivity (Wildman–Crippen MR) is 68.4 cm³/mol. The summed E-state index contributed by atoms with van der Waals surface area (Å²) in [5.41, 5.74) is 0.424. The maximum atomic E-state index is 11.9. The first-order valence-electron chi connectivity index (χ1n) is 5.76. The van der Waals surface area contributed by atoms with Gasteiger partial charge in [0.1, 0.15) is 10.7 Å². The van der Waals surface area contributed by atoms with Gasteiger partial charge in [0.2, 0.25) is 0 Å². The topological polar surface area (TPSA) is 71.5 Å². The molecular formula is C12H16N2O3S. The fourth-order valence-electron chi connectivity index (χ4n) is 1.86. The minimum atomic E-state index is -0.179.